The first-order valence-corrected chi connectivity index (χ1v) is 7.18. The number of carbonyl (C=O) groups excluding carboxylic acids is 1. The zero-order chi connectivity index (χ0) is 15.9. The molecule has 1 amide bonds. The zero-order valence-corrected chi connectivity index (χ0v) is 13.3. The van der Waals surface area contributed by atoms with E-state index in [-0.39, 0.29) is 10.7 Å². The molecule has 1 heterocycles. The molecule has 0 spiro atoms. The molecule has 0 atom stereocenters. The van der Waals surface area contributed by atoms with Gasteiger partial charge >= 0.3 is 0 Å². The molecule has 1 aromatic heterocycles. The van der Waals surface area contributed by atoms with Gasteiger partial charge in [-0.05, 0) is 24.3 Å². The van der Waals surface area contributed by atoms with Crippen molar-refractivity contribution in [2.24, 2.45) is 0 Å². The Balaban J connectivity index is 2.10. The Morgan fingerprint density at radius 2 is 2.00 bits per heavy atom. The number of hydrogen-bond acceptors (Lipinski definition) is 5. The molecule has 8 heteroatoms. The van der Waals surface area contributed by atoms with Crippen LogP contribution in [0.4, 0.5) is 11.6 Å². The molecule has 0 aliphatic carbocycles. The fourth-order valence-electron chi connectivity index (χ4n) is 1.60. The number of halogens is 2. The molecular formula is C14H14Cl2N4O2. The maximum absolute atomic E-state index is 12.2. The highest BCUT2D eigenvalue weighted by molar-refractivity contribution is 6.34. The van der Waals surface area contributed by atoms with E-state index < -0.39 is 5.91 Å². The Morgan fingerprint density at radius 3 is 2.68 bits per heavy atom. The number of rotatable bonds is 6. The summed E-state index contributed by atoms with van der Waals surface area (Å²) in [5, 5.41) is 6.39. The highest BCUT2D eigenvalue weighted by Crippen LogP contribution is 2.18. The highest BCUT2D eigenvalue weighted by Gasteiger charge is 2.14. The minimum absolute atomic E-state index is 0.0894. The number of anilines is 2. The van der Waals surface area contributed by atoms with Gasteiger partial charge in [0.2, 0.25) is 5.95 Å². The largest absolute Gasteiger partial charge is 0.383 e. The smallest absolute Gasteiger partial charge is 0.276 e. The van der Waals surface area contributed by atoms with Gasteiger partial charge in [-0.25, -0.2) is 9.97 Å². The lowest BCUT2D eigenvalue weighted by Gasteiger charge is -2.08. The first kappa shape index (κ1) is 16.5. The van der Waals surface area contributed by atoms with Crippen LogP contribution in [0.15, 0.2) is 30.5 Å². The number of aromatic nitrogens is 2. The second kappa shape index (κ2) is 7.93. The summed E-state index contributed by atoms with van der Waals surface area (Å²) >= 11 is 11.8. The van der Waals surface area contributed by atoms with Crippen LogP contribution in [0.3, 0.4) is 0 Å². The number of ether oxygens (including phenoxy) is 1. The van der Waals surface area contributed by atoms with Crippen LogP contribution in [-0.4, -0.2) is 36.1 Å². The fraction of sp³-hybridized carbons (Fsp3) is 0.214. The van der Waals surface area contributed by atoms with Gasteiger partial charge in [0, 0.05) is 24.4 Å². The van der Waals surface area contributed by atoms with Gasteiger partial charge < -0.3 is 15.4 Å². The molecule has 2 N–H and O–H groups in total. The molecular weight excluding hydrogens is 327 g/mol. The summed E-state index contributed by atoms with van der Waals surface area (Å²) in [4.78, 5) is 20.3. The van der Waals surface area contributed by atoms with Gasteiger partial charge in [-0.3, -0.25) is 4.79 Å². The molecule has 0 aliphatic heterocycles. The van der Waals surface area contributed by atoms with Crippen LogP contribution >= 0.6 is 23.2 Å². The van der Waals surface area contributed by atoms with Crippen LogP contribution in [0.25, 0.3) is 0 Å². The van der Waals surface area contributed by atoms with Crippen molar-refractivity contribution in [2.75, 3.05) is 30.9 Å². The van der Waals surface area contributed by atoms with Crippen molar-refractivity contribution in [1.82, 2.24) is 9.97 Å². The minimum atomic E-state index is -0.426. The lowest BCUT2D eigenvalue weighted by atomic mass is 10.3. The Hall–Kier alpha value is -1.89. The van der Waals surface area contributed by atoms with Crippen molar-refractivity contribution in [1.29, 1.82) is 0 Å². The van der Waals surface area contributed by atoms with Crippen molar-refractivity contribution < 1.29 is 9.53 Å². The Morgan fingerprint density at radius 1 is 1.27 bits per heavy atom. The molecule has 0 radical (unpaired) electrons. The van der Waals surface area contributed by atoms with Gasteiger partial charge in [-0.15, -0.1) is 0 Å². The van der Waals surface area contributed by atoms with Crippen molar-refractivity contribution in [3.63, 3.8) is 0 Å². The number of carbonyl (C=O) groups is 1. The molecule has 6 nitrogen and oxygen atoms in total. The normalized spacial score (nSPS) is 10.3. The molecule has 0 unspecified atom stereocenters. The maximum Gasteiger partial charge on any atom is 0.276 e. The van der Waals surface area contributed by atoms with Crippen molar-refractivity contribution >= 4 is 40.7 Å². The molecule has 0 aliphatic rings. The predicted molar refractivity (Wildman–Crippen MR) is 86.8 cm³/mol. The first-order valence-electron chi connectivity index (χ1n) is 6.42. The quantitative estimate of drug-likeness (QED) is 0.790. The topological polar surface area (TPSA) is 76.1 Å². The van der Waals surface area contributed by atoms with Crippen LogP contribution in [0, 0.1) is 0 Å². The van der Waals surface area contributed by atoms with E-state index in [0.29, 0.717) is 29.8 Å². The highest BCUT2D eigenvalue weighted by atomic mass is 35.5. The first-order chi connectivity index (χ1) is 10.6. The van der Waals surface area contributed by atoms with Crippen molar-refractivity contribution in [2.45, 2.75) is 0 Å². The Bertz CT molecular complexity index is 650. The molecule has 116 valence electrons. The van der Waals surface area contributed by atoms with Crippen LogP contribution in [-0.2, 0) is 4.74 Å². The monoisotopic (exact) mass is 340 g/mol. The maximum atomic E-state index is 12.2. The number of methoxy groups -OCH3 is 1. The SMILES string of the molecule is COCCNc1ncc(Cl)c(C(=O)Nc2ccc(Cl)cc2)n1. The molecule has 0 saturated heterocycles. The van der Waals surface area contributed by atoms with Crippen LogP contribution in [0.5, 0.6) is 0 Å². The summed E-state index contributed by atoms with van der Waals surface area (Å²) in [6, 6.07) is 6.73. The van der Waals surface area contributed by atoms with E-state index in [2.05, 4.69) is 20.6 Å². The average molecular weight is 341 g/mol. The second-order valence-electron chi connectivity index (χ2n) is 4.27. The van der Waals surface area contributed by atoms with Gasteiger partial charge in [0.05, 0.1) is 17.8 Å². The second-order valence-corrected chi connectivity index (χ2v) is 5.11. The Kier molecular flexibility index (Phi) is 5.94. The summed E-state index contributed by atoms with van der Waals surface area (Å²) < 4.78 is 4.92. The van der Waals surface area contributed by atoms with Crippen LogP contribution in [0.1, 0.15) is 10.5 Å². The third-order valence-electron chi connectivity index (χ3n) is 2.65. The third-order valence-corrected chi connectivity index (χ3v) is 3.18. The van der Waals surface area contributed by atoms with Crippen molar-refractivity contribution in [3.05, 3.63) is 46.2 Å². The zero-order valence-electron chi connectivity index (χ0n) is 11.8. The lowest BCUT2D eigenvalue weighted by molar-refractivity contribution is 0.102. The molecule has 22 heavy (non-hydrogen) atoms. The molecule has 0 saturated carbocycles. The standard InChI is InChI=1S/C14H14Cl2N4O2/c1-22-7-6-17-14-18-8-11(16)12(20-14)13(21)19-10-4-2-9(15)3-5-10/h2-5,8H,6-7H2,1H3,(H,19,21)(H,17,18,20). The van der Waals surface area contributed by atoms with Gasteiger partial charge in [-0.1, -0.05) is 23.2 Å². The summed E-state index contributed by atoms with van der Waals surface area (Å²) in [5.74, 6) is -0.118. The molecule has 0 fully saturated rings. The number of amides is 1. The summed E-state index contributed by atoms with van der Waals surface area (Å²) in [6.07, 6.45) is 1.38. The summed E-state index contributed by atoms with van der Waals surface area (Å²) in [6.45, 7) is 1.02. The van der Waals surface area contributed by atoms with Crippen LogP contribution in [0.2, 0.25) is 10.0 Å². The van der Waals surface area contributed by atoms with E-state index >= 15 is 0 Å². The van der Waals surface area contributed by atoms with Gasteiger partial charge in [0.25, 0.3) is 5.91 Å². The summed E-state index contributed by atoms with van der Waals surface area (Å²) in [7, 11) is 1.59. The third kappa shape index (κ3) is 4.56. The number of hydrogen-bond donors (Lipinski definition) is 2. The fourth-order valence-corrected chi connectivity index (χ4v) is 1.90. The number of nitrogens with one attached hydrogen (secondary N) is 2. The number of benzene rings is 1. The molecule has 2 rings (SSSR count). The van der Waals surface area contributed by atoms with E-state index in [4.69, 9.17) is 27.9 Å². The molecule has 2 aromatic rings. The van der Waals surface area contributed by atoms with Gasteiger partial charge in [0.15, 0.2) is 5.69 Å². The predicted octanol–water partition coefficient (Wildman–Crippen LogP) is 3.09. The molecule has 0 bridgehead atoms. The molecule has 1 aromatic carbocycles. The van der Waals surface area contributed by atoms with E-state index in [1.165, 1.54) is 6.20 Å². The van der Waals surface area contributed by atoms with E-state index in [1.54, 1.807) is 31.4 Å². The Labute approximate surface area is 137 Å². The van der Waals surface area contributed by atoms with Crippen molar-refractivity contribution in [3.8, 4) is 0 Å². The van der Waals surface area contributed by atoms with E-state index in [0.717, 1.165) is 0 Å². The summed E-state index contributed by atoms with van der Waals surface area (Å²) in [5.41, 5.74) is 0.685. The van der Waals surface area contributed by atoms with E-state index in [1.807, 2.05) is 0 Å². The lowest BCUT2D eigenvalue weighted by Crippen LogP contribution is -2.17. The van der Waals surface area contributed by atoms with Gasteiger partial charge in [-0.2, -0.15) is 0 Å². The van der Waals surface area contributed by atoms with Gasteiger partial charge in [0.1, 0.15) is 0 Å². The average Bonchev–Trinajstić information content (AvgIpc) is 2.51. The van der Waals surface area contributed by atoms with Crippen LogP contribution < -0.4 is 10.6 Å². The number of nitrogens with zero attached hydrogens (tertiary/aromatic N) is 2. The van der Waals surface area contributed by atoms with E-state index in [9.17, 15) is 4.79 Å². The minimum Gasteiger partial charge on any atom is -0.383 e.